The molecule has 1 fully saturated rings. The highest BCUT2D eigenvalue weighted by Gasteiger charge is 2.30. The second kappa shape index (κ2) is 11.4. The Morgan fingerprint density at radius 1 is 0.811 bits per heavy atom. The topological polar surface area (TPSA) is 63.2 Å². The molecule has 37 heavy (non-hydrogen) atoms. The third-order valence-electron chi connectivity index (χ3n) is 7.77. The Morgan fingerprint density at radius 2 is 1.43 bits per heavy atom. The number of aryl methyl sites for hydroxylation is 3. The summed E-state index contributed by atoms with van der Waals surface area (Å²) in [5.41, 5.74) is 7.69. The molecule has 5 rings (SSSR count). The minimum atomic E-state index is -0.0142. The zero-order valence-corrected chi connectivity index (χ0v) is 22.1. The summed E-state index contributed by atoms with van der Waals surface area (Å²) in [7, 11) is 0. The summed E-state index contributed by atoms with van der Waals surface area (Å²) in [4.78, 5) is 36.2. The lowest BCUT2D eigenvalue weighted by atomic mass is 9.98. The minimum absolute atomic E-state index is 0.0142. The lowest BCUT2D eigenvalue weighted by Crippen LogP contribution is -2.32. The number of benzene rings is 2. The Hall–Kier alpha value is -3.34. The van der Waals surface area contributed by atoms with Gasteiger partial charge in [0.2, 0.25) is 0 Å². The van der Waals surface area contributed by atoms with Gasteiger partial charge < -0.3 is 4.90 Å². The molecular formula is C32H37N3O2. The Bertz CT molecular complexity index is 1260. The minimum Gasteiger partial charge on any atom is -0.355 e. The molecule has 0 saturated heterocycles. The van der Waals surface area contributed by atoms with Gasteiger partial charge in [-0.05, 0) is 39.5 Å². The average Bonchev–Trinajstić information content (AvgIpc) is 3.22. The van der Waals surface area contributed by atoms with Crippen LogP contribution < -0.4 is 4.90 Å². The first-order chi connectivity index (χ1) is 18.0. The summed E-state index contributed by atoms with van der Waals surface area (Å²) < 4.78 is 0. The number of unbranched alkanes of at least 4 members (excludes halogenated alkanes) is 3. The van der Waals surface area contributed by atoms with Crippen molar-refractivity contribution in [3.63, 3.8) is 0 Å². The summed E-state index contributed by atoms with van der Waals surface area (Å²) in [6.07, 6.45) is 7.90. The summed E-state index contributed by atoms with van der Waals surface area (Å²) in [5, 5.41) is 0. The summed E-state index contributed by atoms with van der Waals surface area (Å²) in [5.74, 6) is 1.30. The number of fused-ring (bicyclic) bond motifs is 1. The quantitative estimate of drug-likeness (QED) is 0.245. The van der Waals surface area contributed by atoms with E-state index in [4.69, 9.17) is 9.97 Å². The van der Waals surface area contributed by atoms with Gasteiger partial charge >= 0.3 is 0 Å². The Labute approximate surface area is 220 Å². The van der Waals surface area contributed by atoms with Crippen molar-refractivity contribution in [1.82, 2.24) is 9.97 Å². The molecule has 1 saturated carbocycles. The molecule has 5 nitrogen and oxygen atoms in total. The number of anilines is 1. The number of carbonyl (C=O) groups excluding carboxylic acids is 2. The van der Waals surface area contributed by atoms with Crippen molar-refractivity contribution in [1.29, 1.82) is 0 Å². The van der Waals surface area contributed by atoms with Gasteiger partial charge in [-0.15, -0.1) is 0 Å². The van der Waals surface area contributed by atoms with Crippen LogP contribution in [0, 0.1) is 19.8 Å². The first-order valence-electron chi connectivity index (χ1n) is 13.8. The van der Waals surface area contributed by atoms with Crippen LogP contribution in [0.5, 0.6) is 0 Å². The normalized spacial score (nSPS) is 17.4. The van der Waals surface area contributed by atoms with Crippen LogP contribution in [-0.2, 0) is 16.0 Å². The number of hydrogen-bond acceptors (Lipinski definition) is 5. The number of Topliss-reactive ketones (excluding diaryl/α,β-unsaturated/α-hetero) is 2. The number of carbonyl (C=O) groups is 2. The van der Waals surface area contributed by atoms with Crippen LogP contribution in [0.25, 0.3) is 22.5 Å². The highest BCUT2D eigenvalue weighted by atomic mass is 16.2. The molecule has 2 aliphatic rings. The SMILES string of the molecule is Cc1ccc(-c2nc3c(nc2-c2ccc(C)cc2)N(CCCCCCC2CC(=O)CC2=O)CCC3)cc1. The van der Waals surface area contributed by atoms with Crippen LogP contribution in [-0.4, -0.2) is 34.6 Å². The van der Waals surface area contributed by atoms with E-state index in [1.54, 1.807) is 0 Å². The van der Waals surface area contributed by atoms with Crippen LogP contribution in [0.4, 0.5) is 5.82 Å². The predicted molar refractivity (Wildman–Crippen MR) is 149 cm³/mol. The molecule has 3 aromatic rings. The third-order valence-corrected chi connectivity index (χ3v) is 7.77. The maximum atomic E-state index is 11.9. The molecular weight excluding hydrogens is 458 g/mol. The predicted octanol–water partition coefficient (Wildman–Crippen LogP) is 6.68. The highest BCUT2D eigenvalue weighted by Crippen LogP contribution is 2.35. The van der Waals surface area contributed by atoms with Gasteiger partial charge in [-0.1, -0.05) is 78.9 Å². The summed E-state index contributed by atoms with van der Waals surface area (Å²) >= 11 is 0. The van der Waals surface area contributed by atoms with E-state index in [9.17, 15) is 9.59 Å². The molecule has 5 heteroatoms. The molecule has 1 aliphatic heterocycles. The summed E-state index contributed by atoms with van der Waals surface area (Å²) in [6.45, 7) is 6.20. The number of rotatable bonds is 9. The molecule has 0 N–H and O–H groups in total. The lowest BCUT2D eigenvalue weighted by Gasteiger charge is -2.30. The van der Waals surface area contributed by atoms with Crippen molar-refractivity contribution in [3.8, 4) is 22.5 Å². The van der Waals surface area contributed by atoms with Gasteiger partial charge in [0.15, 0.2) is 5.82 Å². The molecule has 0 bridgehead atoms. The Balaban J connectivity index is 1.30. The Kier molecular flexibility index (Phi) is 7.78. The van der Waals surface area contributed by atoms with Crippen LogP contribution in [0.3, 0.4) is 0 Å². The molecule has 2 heterocycles. The molecule has 1 atom stereocenters. The molecule has 1 unspecified atom stereocenters. The van der Waals surface area contributed by atoms with Crippen LogP contribution >= 0.6 is 0 Å². The standard InChI is InChI=1S/C32H37N3O2/c1-22-10-14-24(15-11-22)30-31(25-16-12-23(2)13-17-25)34-32-28(33-30)9-7-19-35(32)18-6-4-3-5-8-26-20-27(36)21-29(26)37/h10-17,26H,3-9,18-21H2,1-2H3. The first-order valence-corrected chi connectivity index (χ1v) is 13.8. The first kappa shape index (κ1) is 25.3. The lowest BCUT2D eigenvalue weighted by molar-refractivity contribution is -0.122. The van der Waals surface area contributed by atoms with Crippen molar-refractivity contribution >= 4 is 17.4 Å². The molecule has 1 aromatic heterocycles. The van der Waals surface area contributed by atoms with E-state index in [1.807, 2.05) is 0 Å². The van der Waals surface area contributed by atoms with Gasteiger partial charge in [-0.2, -0.15) is 0 Å². The number of hydrogen-bond donors (Lipinski definition) is 0. The van der Waals surface area contributed by atoms with Crippen molar-refractivity contribution < 1.29 is 9.59 Å². The van der Waals surface area contributed by atoms with E-state index in [2.05, 4.69) is 67.3 Å². The highest BCUT2D eigenvalue weighted by molar-refractivity contribution is 6.06. The largest absolute Gasteiger partial charge is 0.355 e. The number of nitrogens with zero attached hydrogens (tertiary/aromatic N) is 3. The van der Waals surface area contributed by atoms with Gasteiger partial charge in [0, 0.05) is 36.6 Å². The monoisotopic (exact) mass is 495 g/mol. The molecule has 192 valence electrons. The van der Waals surface area contributed by atoms with Crippen molar-refractivity contribution in [2.75, 3.05) is 18.0 Å². The van der Waals surface area contributed by atoms with Gasteiger partial charge in [-0.3, -0.25) is 9.59 Å². The van der Waals surface area contributed by atoms with E-state index in [1.165, 1.54) is 11.1 Å². The van der Waals surface area contributed by atoms with Gasteiger partial charge in [0.1, 0.15) is 11.6 Å². The van der Waals surface area contributed by atoms with Crippen molar-refractivity contribution in [3.05, 3.63) is 65.4 Å². The third kappa shape index (κ3) is 5.98. The fraction of sp³-hybridized carbons (Fsp3) is 0.438. The van der Waals surface area contributed by atoms with Gasteiger partial charge in [0.25, 0.3) is 0 Å². The average molecular weight is 496 g/mol. The van der Waals surface area contributed by atoms with Crippen molar-refractivity contribution in [2.45, 2.75) is 71.6 Å². The van der Waals surface area contributed by atoms with E-state index in [0.29, 0.717) is 6.42 Å². The summed E-state index contributed by atoms with van der Waals surface area (Å²) in [6, 6.07) is 17.2. The van der Waals surface area contributed by atoms with Gasteiger partial charge in [-0.25, -0.2) is 9.97 Å². The molecule has 1 aliphatic carbocycles. The zero-order valence-electron chi connectivity index (χ0n) is 22.1. The van der Waals surface area contributed by atoms with Crippen LogP contribution in [0.15, 0.2) is 48.5 Å². The maximum absolute atomic E-state index is 11.9. The maximum Gasteiger partial charge on any atom is 0.151 e. The molecule has 0 radical (unpaired) electrons. The van der Waals surface area contributed by atoms with Crippen molar-refractivity contribution in [2.24, 2.45) is 5.92 Å². The molecule has 0 spiro atoms. The second-order valence-corrected chi connectivity index (χ2v) is 10.8. The van der Waals surface area contributed by atoms with E-state index >= 15 is 0 Å². The van der Waals surface area contributed by atoms with E-state index in [0.717, 1.165) is 92.1 Å². The fourth-order valence-electron chi connectivity index (χ4n) is 5.58. The smallest absolute Gasteiger partial charge is 0.151 e. The fourth-order valence-corrected chi connectivity index (χ4v) is 5.58. The molecule has 2 aromatic carbocycles. The van der Waals surface area contributed by atoms with Crippen LogP contribution in [0.2, 0.25) is 0 Å². The number of ketones is 2. The number of aromatic nitrogens is 2. The van der Waals surface area contributed by atoms with Crippen LogP contribution in [0.1, 0.15) is 68.2 Å². The second-order valence-electron chi connectivity index (χ2n) is 10.8. The van der Waals surface area contributed by atoms with Gasteiger partial charge in [0.05, 0.1) is 23.5 Å². The zero-order chi connectivity index (χ0) is 25.8. The Morgan fingerprint density at radius 3 is 2.05 bits per heavy atom. The molecule has 0 amide bonds. The van der Waals surface area contributed by atoms with E-state index < -0.39 is 0 Å². The van der Waals surface area contributed by atoms with E-state index in [-0.39, 0.29) is 23.9 Å².